The summed E-state index contributed by atoms with van der Waals surface area (Å²) in [5.74, 6) is 0.471. The van der Waals surface area contributed by atoms with Crippen molar-refractivity contribution in [2.75, 3.05) is 19.7 Å². The second kappa shape index (κ2) is 6.22. The Hall–Kier alpha value is -2.30. The predicted octanol–water partition coefficient (Wildman–Crippen LogP) is 2.02. The summed E-state index contributed by atoms with van der Waals surface area (Å²) >= 11 is 0. The molecule has 22 heavy (non-hydrogen) atoms. The molecule has 5 heteroatoms. The van der Waals surface area contributed by atoms with Gasteiger partial charge in [0.25, 0.3) is 11.5 Å². The first-order valence-electron chi connectivity index (χ1n) is 7.74. The number of amides is 1. The zero-order chi connectivity index (χ0) is 15.5. The fourth-order valence-electron chi connectivity index (χ4n) is 2.95. The van der Waals surface area contributed by atoms with Crippen LogP contribution in [0.3, 0.4) is 0 Å². The molecule has 0 spiro atoms. The van der Waals surface area contributed by atoms with Gasteiger partial charge in [-0.25, -0.2) is 0 Å². The van der Waals surface area contributed by atoms with Gasteiger partial charge < -0.3 is 14.2 Å². The number of rotatable bonds is 4. The maximum Gasteiger partial charge on any atom is 0.260 e. The van der Waals surface area contributed by atoms with Gasteiger partial charge in [-0.1, -0.05) is 12.1 Å². The number of benzene rings is 1. The summed E-state index contributed by atoms with van der Waals surface area (Å²) in [5, 5.41) is 0.859. The van der Waals surface area contributed by atoms with Crippen LogP contribution in [0, 0.1) is 0 Å². The van der Waals surface area contributed by atoms with E-state index in [0.717, 1.165) is 36.8 Å². The Labute approximate surface area is 129 Å². The molecule has 2 aromatic rings. The van der Waals surface area contributed by atoms with E-state index in [1.807, 2.05) is 36.1 Å². The van der Waals surface area contributed by atoms with E-state index in [9.17, 15) is 9.59 Å². The standard InChI is InChI=1S/C17H20N2O3/c1-2-19-14-8-4-3-7-13(14)15(11-16(19)20)22-12-17(21)18-9-5-6-10-18/h3-4,7-8,11H,2,5-6,9-10,12H2,1H3. The number of ether oxygens (including phenoxy) is 1. The lowest BCUT2D eigenvalue weighted by molar-refractivity contribution is -0.132. The topological polar surface area (TPSA) is 51.5 Å². The van der Waals surface area contributed by atoms with Crippen LogP contribution in [0.25, 0.3) is 10.9 Å². The molecule has 0 aliphatic carbocycles. The molecular formula is C17H20N2O3. The summed E-state index contributed by atoms with van der Waals surface area (Å²) < 4.78 is 7.37. The first-order chi connectivity index (χ1) is 10.7. The second-order valence-corrected chi connectivity index (χ2v) is 5.48. The first-order valence-corrected chi connectivity index (χ1v) is 7.74. The SMILES string of the molecule is CCn1c(=O)cc(OCC(=O)N2CCCC2)c2ccccc21. The molecule has 1 aliphatic rings. The van der Waals surface area contributed by atoms with Crippen molar-refractivity contribution in [1.82, 2.24) is 9.47 Å². The normalized spacial score (nSPS) is 14.5. The predicted molar refractivity (Wildman–Crippen MR) is 85.2 cm³/mol. The van der Waals surface area contributed by atoms with E-state index in [1.165, 1.54) is 6.07 Å². The number of hydrogen-bond acceptors (Lipinski definition) is 3. The number of nitrogens with zero attached hydrogens (tertiary/aromatic N) is 2. The van der Waals surface area contributed by atoms with Crippen LogP contribution in [-0.2, 0) is 11.3 Å². The smallest absolute Gasteiger partial charge is 0.260 e. The Bertz CT molecular complexity index is 745. The van der Waals surface area contributed by atoms with Gasteiger partial charge in [0.15, 0.2) is 6.61 Å². The van der Waals surface area contributed by atoms with Crippen molar-refractivity contribution in [3.63, 3.8) is 0 Å². The van der Waals surface area contributed by atoms with E-state index in [1.54, 1.807) is 4.57 Å². The van der Waals surface area contributed by atoms with Gasteiger partial charge in [0.2, 0.25) is 0 Å². The molecule has 3 rings (SSSR count). The van der Waals surface area contributed by atoms with Crippen LogP contribution in [0.1, 0.15) is 19.8 Å². The number of para-hydroxylation sites is 1. The van der Waals surface area contributed by atoms with Crippen molar-refractivity contribution < 1.29 is 9.53 Å². The molecule has 0 bridgehead atoms. The molecule has 0 unspecified atom stereocenters. The zero-order valence-corrected chi connectivity index (χ0v) is 12.7. The maximum atomic E-state index is 12.2. The van der Waals surface area contributed by atoms with Crippen molar-refractivity contribution in [2.24, 2.45) is 0 Å². The van der Waals surface area contributed by atoms with Crippen LogP contribution in [0.2, 0.25) is 0 Å². The highest BCUT2D eigenvalue weighted by Crippen LogP contribution is 2.23. The van der Waals surface area contributed by atoms with Crippen LogP contribution in [0.5, 0.6) is 5.75 Å². The lowest BCUT2D eigenvalue weighted by atomic mass is 10.2. The molecule has 1 saturated heterocycles. The summed E-state index contributed by atoms with van der Waals surface area (Å²) in [6.07, 6.45) is 2.11. The first kappa shape index (κ1) is 14.6. The number of hydrogen-bond donors (Lipinski definition) is 0. The fraction of sp³-hybridized carbons (Fsp3) is 0.412. The minimum Gasteiger partial charge on any atom is -0.483 e. The minimum atomic E-state index is -0.107. The van der Waals surface area contributed by atoms with E-state index in [0.29, 0.717) is 12.3 Å². The number of pyridine rings is 1. The summed E-state index contributed by atoms with van der Waals surface area (Å²) in [5.41, 5.74) is 0.728. The Morgan fingerprint density at radius 2 is 1.95 bits per heavy atom. The summed E-state index contributed by atoms with van der Waals surface area (Å²) in [6.45, 7) is 4.14. The second-order valence-electron chi connectivity index (χ2n) is 5.48. The summed E-state index contributed by atoms with van der Waals surface area (Å²) in [6, 6.07) is 9.09. The lowest BCUT2D eigenvalue weighted by Crippen LogP contribution is -2.32. The molecule has 1 aromatic heterocycles. The fourth-order valence-corrected chi connectivity index (χ4v) is 2.95. The highest BCUT2D eigenvalue weighted by molar-refractivity contribution is 5.86. The number of aryl methyl sites for hydroxylation is 1. The van der Waals surface area contributed by atoms with Crippen LogP contribution in [0.4, 0.5) is 0 Å². The van der Waals surface area contributed by atoms with Gasteiger partial charge in [-0.2, -0.15) is 0 Å². The molecule has 5 nitrogen and oxygen atoms in total. The molecule has 116 valence electrons. The third-order valence-corrected chi connectivity index (χ3v) is 4.11. The molecule has 1 fully saturated rings. The van der Waals surface area contributed by atoms with Crippen molar-refractivity contribution in [2.45, 2.75) is 26.3 Å². The molecule has 0 N–H and O–H groups in total. The number of likely N-dealkylation sites (tertiary alicyclic amines) is 1. The number of carbonyl (C=O) groups is 1. The van der Waals surface area contributed by atoms with Gasteiger partial charge in [0, 0.05) is 31.1 Å². The summed E-state index contributed by atoms with van der Waals surface area (Å²) in [7, 11) is 0. The van der Waals surface area contributed by atoms with E-state index in [2.05, 4.69) is 0 Å². The lowest BCUT2D eigenvalue weighted by Gasteiger charge is -2.17. The van der Waals surface area contributed by atoms with Gasteiger partial charge in [-0.05, 0) is 31.9 Å². The van der Waals surface area contributed by atoms with E-state index >= 15 is 0 Å². The van der Waals surface area contributed by atoms with E-state index in [-0.39, 0.29) is 18.1 Å². The molecule has 0 atom stereocenters. The molecule has 1 aromatic carbocycles. The Morgan fingerprint density at radius 3 is 2.68 bits per heavy atom. The van der Waals surface area contributed by atoms with Gasteiger partial charge in [-0.15, -0.1) is 0 Å². The van der Waals surface area contributed by atoms with Crippen LogP contribution in [-0.4, -0.2) is 35.1 Å². The van der Waals surface area contributed by atoms with E-state index in [4.69, 9.17) is 4.74 Å². The zero-order valence-electron chi connectivity index (χ0n) is 12.7. The molecule has 1 amide bonds. The van der Waals surface area contributed by atoms with Gasteiger partial charge in [0.05, 0.1) is 5.52 Å². The van der Waals surface area contributed by atoms with Gasteiger partial charge in [0.1, 0.15) is 5.75 Å². The molecule has 2 heterocycles. The molecule has 0 saturated carbocycles. The number of carbonyl (C=O) groups excluding carboxylic acids is 1. The van der Waals surface area contributed by atoms with Gasteiger partial charge in [-0.3, -0.25) is 9.59 Å². The Morgan fingerprint density at radius 1 is 1.23 bits per heavy atom. The molecule has 1 aliphatic heterocycles. The number of aromatic nitrogens is 1. The van der Waals surface area contributed by atoms with E-state index < -0.39 is 0 Å². The van der Waals surface area contributed by atoms with Crippen molar-refractivity contribution in [3.05, 3.63) is 40.7 Å². The number of fused-ring (bicyclic) bond motifs is 1. The maximum absolute atomic E-state index is 12.2. The average Bonchev–Trinajstić information content (AvgIpc) is 3.07. The largest absolute Gasteiger partial charge is 0.483 e. The van der Waals surface area contributed by atoms with Crippen molar-refractivity contribution in [3.8, 4) is 5.75 Å². The molecule has 0 radical (unpaired) electrons. The Balaban J connectivity index is 1.87. The molecular weight excluding hydrogens is 280 g/mol. The van der Waals surface area contributed by atoms with Gasteiger partial charge >= 0.3 is 0 Å². The monoisotopic (exact) mass is 300 g/mol. The van der Waals surface area contributed by atoms with Crippen LogP contribution in [0.15, 0.2) is 35.1 Å². The summed E-state index contributed by atoms with van der Waals surface area (Å²) in [4.78, 5) is 26.1. The van der Waals surface area contributed by atoms with Crippen LogP contribution >= 0.6 is 0 Å². The highest BCUT2D eigenvalue weighted by atomic mass is 16.5. The van der Waals surface area contributed by atoms with Crippen molar-refractivity contribution >= 4 is 16.8 Å². The highest BCUT2D eigenvalue weighted by Gasteiger charge is 2.19. The van der Waals surface area contributed by atoms with Crippen molar-refractivity contribution in [1.29, 1.82) is 0 Å². The third-order valence-electron chi connectivity index (χ3n) is 4.11. The third kappa shape index (κ3) is 2.71. The average molecular weight is 300 g/mol. The van der Waals surface area contributed by atoms with Crippen LogP contribution < -0.4 is 10.3 Å². The quantitative estimate of drug-likeness (QED) is 0.868. The Kier molecular flexibility index (Phi) is 4.13. The minimum absolute atomic E-state index is 0.0127.